The van der Waals surface area contributed by atoms with Gasteiger partial charge in [-0.25, -0.2) is 9.97 Å². The van der Waals surface area contributed by atoms with Crippen LogP contribution in [0.3, 0.4) is 0 Å². The fourth-order valence-corrected chi connectivity index (χ4v) is 3.21. The molecule has 0 aliphatic carbocycles. The Morgan fingerprint density at radius 3 is 2.64 bits per heavy atom. The van der Waals surface area contributed by atoms with Crippen LogP contribution >= 0.6 is 23.2 Å². The topological polar surface area (TPSA) is 58.1 Å². The number of hydroxylamine groups is 3. The summed E-state index contributed by atoms with van der Waals surface area (Å²) in [5.41, 5.74) is 2.04. The molecule has 0 fully saturated rings. The Balaban J connectivity index is 1.72. The lowest BCUT2D eigenvalue weighted by Crippen LogP contribution is -2.35. The molecule has 25 heavy (non-hydrogen) atoms. The van der Waals surface area contributed by atoms with Crippen molar-refractivity contribution in [3.8, 4) is 5.88 Å². The van der Waals surface area contributed by atoms with Gasteiger partial charge in [0.15, 0.2) is 6.61 Å². The van der Waals surface area contributed by atoms with Gasteiger partial charge in [-0.1, -0.05) is 23.2 Å². The molecule has 0 aromatic carbocycles. The molecule has 2 aromatic rings. The van der Waals surface area contributed by atoms with E-state index >= 15 is 0 Å². The SMILES string of the molecule is [O-][N+]1(Cc2cnc(OCC(F)(F)F)c(Cl)c2)Cc2ccnc(Cl)c2C1. The van der Waals surface area contributed by atoms with Crippen molar-refractivity contribution in [1.82, 2.24) is 9.97 Å². The molecule has 0 bridgehead atoms. The van der Waals surface area contributed by atoms with E-state index in [2.05, 4.69) is 14.7 Å². The van der Waals surface area contributed by atoms with Gasteiger partial charge in [-0.3, -0.25) is 0 Å². The molecule has 1 unspecified atom stereocenters. The van der Waals surface area contributed by atoms with Crippen LogP contribution in [0.25, 0.3) is 0 Å². The first kappa shape index (κ1) is 18.2. The van der Waals surface area contributed by atoms with Gasteiger partial charge in [0, 0.05) is 23.5 Å². The van der Waals surface area contributed by atoms with Crippen molar-refractivity contribution >= 4 is 23.2 Å². The highest BCUT2D eigenvalue weighted by atomic mass is 35.5. The zero-order chi connectivity index (χ0) is 18.2. The third-order valence-corrected chi connectivity index (χ3v) is 4.31. The predicted molar refractivity (Wildman–Crippen MR) is 84.8 cm³/mol. The summed E-state index contributed by atoms with van der Waals surface area (Å²) in [6.45, 7) is -1.05. The molecule has 0 saturated carbocycles. The van der Waals surface area contributed by atoms with Crippen molar-refractivity contribution in [2.75, 3.05) is 6.61 Å². The quantitative estimate of drug-likeness (QED) is 0.442. The van der Waals surface area contributed by atoms with E-state index in [1.807, 2.05) is 0 Å². The van der Waals surface area contributed by atoms with Crippen LogP contribution in [0.4, 0.5) is 13.2 Å². The van der Waals surface area contributed by atoms with Gasteiger partial charge in [-0.15, -0.1) is 0 Å². The third-order valence-electron chi connectivity index (χ3n) is 3.71. The second kappa shape index (κ2) is 6.60. The van der Waals surface area contributed by atoms with E-state index in [0.29, 0.717) is 16.3 Å². The molecule has 2 aromatic heterocycles. The molecule has 0 amide bonds. The molecule has 0 spiro atoms. The van der Waals surface area contributed by atoms with Crippen LogP contribution in [0.1, 0.15) is 16.7 Å². The molecule has 1 aliphatic heterocycles. The molecule has 0 saturated heterocycles. The van der Waals surface area contributed by atoms with Gasteiger partial charge in [0.25, 0.3) is 0 Å². The molecule has 3 rings (SSSR count). The van der Waals surface area contributed by atoms with E-state index < -0.39 is 17.4 Å². The van der Waals surface area contributed by atoms with Crippen LogP contribution in [0.15, 0.2) is 24.5 Å². The summed E-state index contributed by atoms with van der Waals surface area (Å²) >= 11 is 11.9. The number of aromatic nitrogens is 2. The van der Waals surface area contributed by atoms with E-state index in [4.69, 9.17) is 23.2 Å². The van der Waals surface area contributed by atoms with Gasteiger partial charge in [0.05, 0.1) is 5.56 Å². The Kier molecular flexibility index (Phi) is 4.80. The number of halogens is 5. The maximum absolute atomic E-state index is 12.9. The average Bonchev–Trinajstić information content (AvgIpc) is 2.83. The Morgan fingerprint density at radius 1 is 1.24 bits per heavy atom. The lowest BCUT2D eigenvalue weighted by atomic mass is 10.2. The standard InChI is InChI=1S/C15H12Cl2F3N3O2/c16-12-3-9(4-22-14(12)25-8-15(18,19)20)5-23(24)6-10-1-2-21-13(17)11(10)7-23/h1-4H,5-8H2. The fourth-order valence-electron chi connectivity index (χ4n) is 2.73. The third kappa shape index (κ3) is 4.33. The van der Waals surface area contributed by atoms with Gasteiger partial charge in [0.2, 0.25) is 5.88 Å². The predicted octanol–water partition coefficient (Wildman–Crippen LogP) is 4.25. The number of hydrogen-bond donors (Lipinski definition) is 0. The lowest BCUT2D eigenvalue weighted by molar-refractivity contribution is -0.913. The van der Waals surface area contributed by atoms with Crippen molar-refractivity contribution in [1.29, 1.82) is 0 Å². The highest BCUT2D eigenvalue weighted by molar-refractivity contribution is 6.31. The average molecular weight is 394 g/mol. The summed E-state index contributed by atoms with van der Waals surface area (Å²) < 4.78 is 40.5. The maximum Gasteiger partial charge on any atom is 0.422 e. The number of fused-ring (bicyclic) bond motifs is 1. The summed E-state index contributed by atoms with van der Waals surface area (Å²) in [7, 11) is 0. The number of nitrogens with zero attached hydrogens (tertiary/aromatic N) is 3. The molecular formula is C15H12Cl2F3N3O2. The summed E-state index contributed by atoms with van der Waals surface area (Å²) in [5.74, 6) is -0.322. The number of ether oxygens (including phenoxy) is 1. The Hall–Kier alpha value is -1.61. The van der Waals surface area contributed by atoms with Gasteiger partial charge in [0.1, 0.15) is 29.8 Å². The van der Waals surface area contributed by atoms with Crippen molar-refractivity contribution in [2.45, 2.75) is 25.8 Å². The van der Waals surface area contributed by atoms with Crippen molar-refractivity contribution in [2.24, 2.45) is 0 Å². The molecule has 0 N–H and O–H groups in total. The number of hydrogen-bond acceptors (Lipinski definition) is 4. The fraction of sp³-hybridized carbons (Fsp3) is 0.333. The second-order valence-electron chi connectivity index (χ2n) is 5.81. The summed E-state index contributed by atoms with van der Waals surface area (Å²) in [5, 5.41) is 13.2. The normalized spacial score (nSPS) is 19.8. The van der Waals surface area contributed by atoms with Crippen molar-refractivity contribution < 1.29 is 22.6 Å². The van der Waals surface area contributed by atoms with Crippen LogP contribution in [-0.4, -0.2) is 27.4 Å². The van der Waals surface area contributed by atoms with Crippen LogP contribution in [0.5, 0.6) is 5.88 Å². The molecule has 3 heterocycles. The van der Waals surface area contributed by atoms with E-state index in [9.17, 15) is 18.4 Å². The van der Waals surface area contributed by atoms with E-state index in [-0.39, 0.29) is 30.5 Å². The first-order chi connectivity index (χ1) is 11.7. The van der Waals surface area contributed by atoms with Gasteiger partial charge >= 0.3 is 6.18 Å². The van der Waals surface area contributed by atoms with Gasteiger partial charge in [-0.2, -0.15) is 13.2 Å². The number of rotatable bonds is 4. The van der Waals surface area contributed by atoms with Gasteiger partial charge < -0.3 is 14.6 Å². The highest BCUT2D eigenvalue weighted by Gasteiger charge is 2.32. The minimum absolute atomic E-state index is 0.0529. The smallest absolute Gasteiger partial charge is 0.422 e. The highest BCUT2D eigenvalue weighted by Crippen LogP contribution is 2.35. The molecular weight excluding hydrogens is 382 g/mol. The monoisotopic (exact) mass is 393 g/mol. The summed E-state index contributed by atoms with van der Waals surface area (Å²) in [4.78, 5) is 7.74. The second-order valence-corrected chi connectivity index (χ2v) is 6.57. The van der Waals surface area contributed by atoms with Crippen LogP contribution in [0.2, 0.25) is 10.2 Å². The van der Waals surface area contributed by atoms with Gasteiger partial charge in [-0.05, 0) is 12.1 Å². The molecule has 5 nitrogen and oxygen atoms in total. The first-order valence-corrected chi connectivity index (χ1v) is 7.94. The van der Waals surface area contributed by atoms with E-state index in [1.165, 1.54) is 12.3 Å². The Labute approximate surface area is 151 Å². The largest absolute Gasteiger partial charge is 0.632 e. The molecule has 134 valence electrons. The van der Waals surface area contributed by atoms with Crippen molar-refractivity contribution in [3.05, 3.63) is 56.6 Å². The number of quaternary nitrogens is 1. The van der Waals surface area contributed by atoms with Crippen LogP contribution in [0, 0.1) is 5.21 Å². The lowest BCUT2D eigenvalue weighted by Gasteiger charge is -2.38. The van der Waals surface area contributed by atoms with E-state index in [1.54, 1.807) is 12.3 Å². The number of pyridine rings is 2. The summed E-state index contributed by atoms with van der Waals surface area (Å²) in [6.07, 6.45) is -1.65. The maximum atomic E-state index is 12.9. The minimum Gasteiger partial charge on any atom is -0.632 e. The summed E-state index contributed by atoms with van der Waals surface area (Å²) in [6, 6.07) is 3.14. The van der Waals surface area contributed by atoms with Crippen LogP contribution < -0.4 is 4.74 Å². The van der Waals surface area contributed by atoms with Crippen LogP contribution in [-0.2, 0) is 19.6 Å². The number of alkyl halides is 3. The first-order valence-electron chi connectivity index (χ1n) is 7.18. The van der Waals surface area contributed by atoms with E-state index in [0.717, 1.165) is 5.56 Å². The Morgan fingerprint density at radius 2 is 2.00 bits per heavy atom. The zero-order valence-corrected chi connectivity index (χ0v) is 14.2. The molecule has 1 atom stereocenters. The zero-order valence-electron chi connectivity index (χ0n) is 12.7. The minimum atomic E-state index is -4.48. The molecule has 0 radical (unpaired) electrons. The molecule has 10 heteroatoms. The molecule has 1 aliphatic rings. The van der Waals surface area contributed by atoms with Crippen molar-refractivity contribution in [3.63, 3.8) is 0 Å². The Bertz CT molecular complexity index is 804.